The van der Waals surface area contributed by atoms with E-state index in [9.17, 15) is 4.79 Å². The molecule has 6 heterocycles. The molecule has 198 valence electrons. The minimum Gasteiger partial charge on any atom is -0.475 e. The van der Waals surface area contributed by atoms with Crippen LogP contribution in [0.1, 0.15) is 26.0 Å². The molecule has 3 aromatic rings. The van der Waals surface area contributed by atoms with Crippen LogP contribution in [-0.2, 0) is 14.3 Å². The van der Waals surface area contributed by atoms with Crippen LogP contribution in [-0.4, -0.2) is 64.6 Å². The molecular formula is C27H29ClN6O4. The number of carbonyl (C=O) groups is 1. The van der Waals surface area contributed by atoms with Gasteiger partial charge in [0.15, 0.2) is 11.6 Å². The SMILES string of the molecule is Cc1cc(-c2nc3c(cc2Cl)N2C[C@H](CC2C(=O)Nc2ccnc(OC[C@H]4COC(C)(C)O4)c2)N3)ccn1. The van der Waals surface area contributed by atoms with Crippen LogP contribution in [0, 0.1) is 6.92 Å². The highest BCUT2D eigenvalue weighted by Crippen LogP contribution is 2.42. The number of carbonyl (C=O) groups excluding carboxylic acids is 1. The first-order valence-corrected chi connectivity index (χ1v) is 13.0. The Hall–Kier alpha value is -3.47. The van der Waals surface area contributed by atoms with E-state index in [-0.39, 0.29) is 24.1 Å². The number of pyridine rings is 3. The van der Waals surface area contributed by atoms with Crippen molar-refractivity contribution < 1.29 is 19.0 Å². The second-order valence-electron chi connectivity index (χ2n) is 10.3. The Morgan fingerprint density at radius 2 is 2.11 bits per heavy atom. The number of halogens is 1. The molecule has 10 nitrogen and oxygen atoms in total. The number of aryl methyl sites for hydroxylation is 1. The molecule has 0 spiro atoms. The summed E-state index contributed by atoms with van der Waals surface area (Å²) in [5.74, 6) is 0.409. The average molecular weight is 537 g/mol. The van der Waals surface area contributed by atoms with Crippen molar-refractivity contribution >= 4 is 34.7 Å². The lowest BCUT2D eigenvalue weighted by atomic mass is 10.1. The Balaban J connectivity index is 1.15. The molecule has 0 aromatic carbocycles. The van der Waals surface area contributed by atoms with Gasteiger partial charge in [-0.25, -0.2) is 9.97 Å². The molecule has 3 atom stereocenters. The number of ether oxygens (including phenoxy) is 3. The van der Waals surface area contributed by atoms with Crippen molar-refractivity contribution in [1.29, 1.82) is 0 Å². The van der Waals surface area contributed by atoms with E-state index >= 15 is 0 Å². The molecule has 6 rings (SSSR count). The summed E-state index contributed by atoms with van der Waals surface area (Å²) in [6, 6.07) is 8.92. The number of aromatic nitrogens is 3. The lowest BCUT2D eigenvalue weighted by Gasteiger charge is -2.31. The molecule has 1 unspecified atom stereocenters. The first kappa shape index (κ1) is 24.8. The van der Waals surface area contributed by atoms with Crippen molar-refractivity contribution in [2.45, 2.75) is 51.2 Å². The highest BCUT2D eigenvalue weighted by atomic mass is 35.5. The van der Waals surface area contributed by atoms with Crippen LogP contribution < -0.4 is 20.3 Å². The van der Waals surface area contributed by atoms with Gasteiger partial charge in [-0.15, -0.1) is 0 Å². The first-order chi connectivity index (χ1) is 18.2. The van der Waals surface area contributed by atoms with Gasteiger partial charge in [0, 0.05) is 48.0 Å². The highest BCUT2D eigenvalue weighted by molar-refractivity contribution is 6.33. The smallest absolute Gasteiger partial charge is 0.247 e. The molecule has 0 aliphatic carbocycles. The van der Waals surface area contributed by atoms with Gasteiger partial charge < -0.3 is 29.7 Å². The van der Waals surface area contributed by atoms with Crippen LogP contribution in [0.15, 0.2) is 42.7 Å². The van der Waals surface area contributed by atoms with E-state index in [0.29, 0.717) is 48.5 Å². The Morgan fingerprint density at radius 1 is 1.26 bits per heavy atom. The number of anilines is 3. The summed E-state index contributed by atoms with van der Waals surface area (Å²) in [6.45, 7) is 7.13. The van der Waals surface area contributed by atoms with Gasteiger partial charge in [-0.3, -0.25) is 9.78 Å². The second kappa shape index (κ2) is 9.68. The van der Waals surface area contributed by atoms with Crippen LogP contribution in [0.25, 0.3) is 11.3 Å². The summed E-state index contributed by atoms with van der Waals surface area (Å²) in [5, 5.41) is 7.03. The Bertz CT molecular complexity index is 1390. The molecule has 38 heavy (non-hydrogen) atoms. The quantitative estimate of drug-likeness (QED) is 0.482. The van der Waals surface area contributed by atoms with Gasteiger partial charge in [-0.2, -0.15) is 0 Å². The van der Waals surface area contributed by atoms with Gasteiger partial charge in [-0.1, -0.05) is 11.6 Å². The number of nitrogens with zero attached hydrogens (tertiary/aromatic N) is 4. The predicted octanol–water partition coefficient (Wildman–Crippen LogP) is 4.04. The summed E-state index contributed by atoms with van der Waals surface area (Å²) in [7, 11) is 0. The minimum atomic E-state index is -0.612. The van der Waals surface area contributed by atoms with E-state index in [0.717, 1.165) is 22.8 Å². The number of amides is 1. The van der Waals surface area contributed by atoms with Gasteiger partial charge in [-0.05, 0) is 51.5 Å². The van der Waals surface area contributed by atoms with Crippen molar-refractivity contribution in [3.63, 3.8) is 0 Å². The molecule has 2 N–H and O–H groups in total. The number of fused-ring (bicyclic) bond motifs is 4. The fraction of sp³-hybridized carbons (Fsp3) is 0.407. The van der Waals surface area contributed by atoms with Gasteiger partial charge in [0.05, 0.1) is 23.0 Å². The van der Waals surface area contributed by atoms with Gasteiger partial charge in [0.1, 0.15) is 18.8 Å². The second-order valence-corrected chi connectivity index (χ2v) is 10.7. The third kappa shape index (κ3) is 4.99. The van der Waals surface area contributed by atoms with E-state index in [1.54, 1.807) is 24.5 Å². The van der Waals surface area contributed by atoms with Crippen LogP contribution in [0.3, 0.4) is 0 Å². The summed E-state index contributed by atoms with van der Waals surface area (Å²) in [6.07, 6.45) is 3.83. The Kier molecular flexibility index (Phi) is 6.33. The van der Waals surface area contributed by atoms with E-state index in [2.05, 4.69) is 25.5 Å². The zero-order chi connectivity index (χ0) is 26.4. The summed E-state index contributed by atoms with van der Waals surface area (Å²) >= 11 is 6.68. The average Bonchev–Trinajstić information content (AvgIpc) is 3.42. The monoisotopic (exact) mass is 536 g/mol. The summed E-state index contributed by atoms with van der Waals surface area (Å²) in [5.41, 5.74) is 3.91. The van der Waals surface area contributed by atoms with E-state index in [1.165, 1.54) is 0 Å². The van der Waals surface area contributed by atoms with Crippen LogP contribution in [0.4, 0.5) is 17.2 Å². The van der Waals surface area contributed by atoms with Crippen LogP contribution in [0.5, 0.6) is 5.88 Å². The van der Waals surface area contributed by atoms with Gasteiger partial charge >= 0.3 is 0 Å². The third-order valence-electron chi connectivity index (χ3n) is 6.87. The molecule has 2 saturated heterocycles. The van der Waals surface area contributed by atoms with Crippen LogP contribution in [0.2, 0.25) is 5.02 Å². The standard InChI is InChI=1S/C27H29ClN6O4/c1-15-8-16(4-6-29-15)24-20(28)11-21-25(33-24)31-18-9-22(34(21)12-18)26(35)32-17-5-7-30-23(10-17)36-13-19-14-37-27(2,3)38-19/h4-8,10-11,18-19,22H,9,12-14H2,1-3H3,(H,31,33)(H,30,32,35)/t18-,19-,22?/m0/s1. The number of rotatable bonds is 6. The molecular weight excluding hydrogens is 508 g/mol. The molecule has 0 saturated carbocycles. The Morgan fingerprint density at radius 3 is 2.89 bits per heavy atom. The fourth-order valence-corrected chi connectivity index (χ4v) is 5.42. The normalized spacial score (nSPS) is 23.1. The van der Waals surface area contributed by atoms with Crippen molar-refractivity contribution in [2.75, 3.05) is 35.3 Å². The van der Waals surface area contributed by atoms with Crippen molar-refractivity contribution in [3.8, 4) is 17.1 Å². The van der Waals surface area contributed by atoms with Crippen molar-refractivity contribution in [2.24, 2.45) is 0 Å². The lowest BCUT2D eigenvalue weighted by molar-refractivity contribution is -0.141. The van der Waals surface area contributed by atoms with Gasteiger partial charge in [0.2, 0.25) is 11.8 Å². The maximum Gasteiger partial charge on any atom is 0.247 e. The largest absolute Gasteiger partial charge is 0.475 e. The molecule has 3 aliphatic rings. The Labute approximate surface area is 225 Å². The lowest BCUT2D eigenvalue weighted by Crippen LogP contribution is -2.41. The minimum absolute atomic E-state index is 0.105. The van der Waals surface area contributed by atoms with Gasteiger partial charge in [0.25, 0.3) is 0 Å². The number of nitrogens with one attached hydrogen (secondary N) is 2. The van der Waals surface area contributed by atoms with Crippen molar-refractivity contribution in [1.82, 2.24) is 15.0 Å². The first-order valence-electron chi connectivity index (χ1n) is 12.6. The maximum atomic E-state index is 13.4. The van der Waals surface area contributed by atoms with Crippen LogP contribution >= 0.6 is 11.6 Å². The summed E-state index contributed by atoms with van der Waals surface area (Å²) in [4.78, 5) is 28.8. The summed E-state index contributed by atoms with van der Waals surface area (Å²) < 4.78 is 17.1. The zero-order valence-corrected chi connectivity index (χ0v) is 22.2. The fourth-order valence-electron chi connectivity index (χ4n) is 5.16. The molecule has 11 heteroatoms. The van der Waals surface area contributed by atoms with E-state index in [4.69, 9.17) is 30.8 Å². The highest BCUT2D eigenvalue weighted by Gasteiger charge is 2.42. The van der Waals surface area contributed by atoms with Crippen molar-refractivity contribution in [3.05, 3.63) is 53.4 Å². The topological polar surface area (TPSA) is 111 Å². The molecule has 1 amide bonds. The van der Waals surface area contributed by atoms with E-state index in [1.807, 2.05) is 39.0 Å². The molecule has 0 radical (unpaired) electrons. The maximum absolute atomic E-state index is 13.4. The third-order valence-corrected chi connectivity index (χ3v) is 7.15. The molecule has 2 bridgehead atoms. The number of hydrogen-bond acceptors (Lipinski definition) is 9. The van der Waals surface area contributed by atoms with E-state index < -0.39 is 5.79 Å². The number of hydrogen-bond donors (Lipinski definition) is 2. The molecule has 3 aromatic heterocycles. The molecule has 3 aliphatic heterocycles. The predicted molar refractivity (Wildman–Crippen MR) is 144 cm³/mol. The molecule has 2 fully saturated rings. The zero-order valence-electron chi connectivity index (χ0n) is 21.4.